The van der Waals surface area contributed by atoms with Crippen LogP contribution in [0, 0.1) is 5.92 Å². The average Bonchev–Trinajstić information content (AvgIpc) is 2.26. The molecule has 1 aliphatic carbocycles. The molecule has 0 saturated heterocycles. The maximum atomic E-state index is 5.73. The van der Waals surface area contributed by atoms with Gasteiger partial charge in [0.05, 0.1) is 12.3 Å². The molecular weight excluding hydrogens is 236 g/mol. The molecule has 2 unspecified atom stereocenters. The number of pyridine rings is 1. The van der Waals surface area contributed by atoms with E-state index in [2.05, 4.69) is 30.2 Å². The second kappa shape index (κ2) is 6.38. The zero-order valence-corrected chi connectivity index (χ0v) is 12.5. The summed E-state index contributed by atoms with van der Waals surface area (Å²) < 4.78 is 5.73. The largest absolute Gasteiger partial charge is 0.489 e. The number of ether oxygens (including phenoxy) is 1. The molecule has 1 saturated carbocycles. The van der Waals surface area contributed by atoms with E-state index < -0.39 is 0 Å². The first-order chi connectivity index (χ1) is 9.06. The summed E-state index contributed by atoms with van der Waals surface area (Å²) in [5.41, 5.74) is 1.33. The second-order valence-corrected chi connectivity index (χ2v) is 6.13. The number of nitrogens with one attached hydrogen (secondary N) is 1. The van der Waals surface area contributed by atoms with Crippen LogP contribution in [0.25, 0.3) is 0 Å². The number of hydrogen-bond donors (Lipinski definition) is 1. The van der Waals surface area contributed by atoms with E-state index >= 15 is 0 Å². The number of rotatable bonds is 6. The van der Waals surface area contributed by atoms with E-state index in [4.69, 9.17) is 4.74 Å². The molecule has 106 valence electrons. The summed E-state index contributed by atoms with van der Waals surface area (Å²) in [6, 6.07) is 2.73. The van der Waals surface area contributed by atoms with Crippen LogP contribution in [0.15, 0.2) is 18.5 Å². The first-order valence-corrected chi connectivity index (χ1v) is 7.41. The van der Waals surface area contributed by atoms with Crippen molar-refractivity contribution in [3.63, 3.8) is 0 Å². The minimum Gasteiger partial charge on any atom is -0.489 e. The van der Waals surface area contributed by atoms with E-state index in [-0.39, 0.29) is 6.10 Å². The first kappa shape index (κ1) is 14.3. The van der Waals surface area contributed by atoms with Gasteiger partial charge in [-0.2, -0.15) is 0 Å². The minimum absolute atomic E-state index is 0.205. The lowest BCUT2D eigenvalue weighted by atomic mass is 9.70. The Bertz CT molecular complexity index is 403. The Balaban J connectivity index is 1.97. The van der Waals surface area contributed by atoms with E-state index in [1.807, 2.05) is 26.2 Å². The van der Waals surface area contributed by atoms with Crippen LogP contribution < -0.4 is 10.1 Å². The molecule has 3 nitrogen and oxygen atoms in total. The molecule has 0 aliphatic heterocycles. The van der Waals surface area contributed by atoms with Gasteiger partial charge in [0.1, 0.15) is 5.75 Å². The third kappa shape index (κ3) is 3.93. The predicted octanol–water partition coefficient (Wildman–Crippen LogP) is 3.36. The van der Waals surface area contributed by atoms with Crippen molar-refractivity contribution in [2.75, 3.05) is 6.54 Å². The van der Waals surface area contributed by atoms with Crippen LogP contribution >= 0.6 is 0 Å². The zero-order valence-electron chi connectivity index (χ0n) is 12.5. The molecule has 1 aliphatic rings. The molecule has 0 amide bonds. The van der Waals surface area contributed by atoms with E-state index in [0.717, 1.165) is 18.2 Å². The smallest absolute Gasteiger partial charge is 0.138 e. The van der Waals surface area contributed by atoms with Gasteiger partial charge in [-0.15, -0.1) is 0 Å². The third-order valence-corrected chi connectivity index (χ3v) is 3.74. The molecule has 1 heterocycles. The Hall–Kier alpha value is -1.09. The molecule has 19 heavy (non-hydrogen) atoms. The van der Waals surface area contributed by atoms with E-state index in [1.54, 1.807) is 0 Å². The number of aromatic nitrogens is 1. The second-order valence-electron chi connectivity index (χ2n) is 6.13. The maximum Gasteiger partial charge on any atom is 0.138 e. The van der Waals surface area contributed by atoms with Crippen molar-refractivity contribution in [3.8, 4) is 5.75 Å². The molecule has 3 heteroatoms. The summed E-state index contributed by atoms with van der Waals surface area (Å²) in [6.07, 6.45) is 6.61. The lowest BCUT2D eigenvalue weighted by molar-refractivity contribution is 0.231. The molecule has 1 aromatic rings. The zero-order chi connectivity index (χ0) is 13.8. The van der Waals surface area contributed by atoms with Gasteiger partial charge in [0.25, 0.3) is 0 Å². The van der Waals surface area contributed by atoms with Crippen LogP contribution in [0.2, 0.25) is 0 Å². The highest BCUT2D eigenvalue weighted by Gasteiger charge is 2.32. The van der Waals surface area contributed by atoms with Crippen molar-refractivity contribution in [1.29, 1.82) is 0 Å². The molecule has 0 aromatic carbocycles. The molecule has 0 spiro atoms. The summed E-state index contributed by atoms with van der Waals surface area (Å²) in [6.45, 7) is 9.60. The Kier molecular flexibility index (Phi) is 4.81. The fraction of sp³-hybridized carbons (Fsp3) is 0.688. The first-order valence-electron chi connectivity index (χ1n) is 7.41. The van der Waals surface area contributed by atoms with Gasteiger partial charge in [0, 0.05) is 12.2 Å². The minimum atomic E-state index is 0.205. The topological polar surface area (TPSA) is 34.2 Å². The van der Waals surface area contributed by atoms with Crippen molar-refractivity contribution in [1.82, 2.24) is 10.3 Å². The normalized spacial score (nSPS) is 22.6. The average molecular weight is 262 g/mol. The fourth-order valence-corrected chi connectivity index (χ4v) is 2.61. The SMILES string of the molecule is CC(C)NCC1CCC1c1cncc(OC(C)C)c1. The van der Waals surface area contributed by atoms with Crippen molar-refractivity contribution in [3.05, 3.63) is 24.0 Å². The molecule has 1 fully saturated rings. The van der Waals surface area contributed by atoms with Crippen molar-refractivity contribution < 1.29 is 4.74 Å². The van der Waals surface area contributed by atoms with Gasteiger partial charge in [-0.3, -0.25) is 4.98 Å². The molecule has 2 atom stereocenters. The van der Waals surface area contributed by atoms with Gasteiger partial charge in [0.2, 0.25) is 0 Å². The number of hydrogen-bond acceptors (Lipinski definition) is 3. The molecule has 1 aromatic heterocycles. The number of nitrogens with zero attached hydrogens (tertiary/aromatic N) is 1. The highest BCUT2D eigenvalue weighted by atomic mass is 16.5. The fourth-order valence-electron chi connectivity index (χ4n) is 2.61. The van der Waals surface area contributed by atoms with Crippen LogP contribution in [0.3, 0.4) is 0 Å². The van der Waals surface area contributed by atoms with Gasteiger partial charge in [0.15, 0.2) is 0 Å². The van der Waals surface area contributed by atoms with Gasteiger partial charge in [-0.1, -0.05) is 13.8 Å². The molecular formula is C16H26N2O. The van der Waals surface area contributed by atoms with Crippen LogP contribution in [-0.4, -0.2) is 23.7 Å². The Morgan fingerprint density at radius 1 is 1.26 bits per heavy atom. The van der Waals surface area contributed by atoms with Gasteiger partial charge >= 0.3 is 0 Å². The standard InChI is InChI=1S/C16H26N2O/c1-11(2)18-9-13-5-6-16(13)14-7-15(10-17-8-14)19-12(3)4/h7-8,10-13,16,18H,5-6,9H2,1-4H3. The van der Waals surface area contributed by atoms with Crippen LogP contribution in [0.1, 0.15) is 52.0 Å². The Morgan fingerprint density at radius 3 is 2.63 bits per heavy atom. The quantitative estimate of drug-likeness (QED) is 0.853. The summed E-state index contributed by atoms with van der Waals surface area (Å²) in [7, 11) is 0. The van der Waals surface area contributed by atoms with Crippen LogP contribution in [-0.2, 0) is 0 Å². The summed E-state index contributed by atoms with van der Waals surface area (Å²) in [4.78, 5) is 4.32. The summed E-state index contributed by atoms with van der Waals surface area (Å²) in [5.74, 6) is 2.29. The highest BCUT2D eigenvalue weighted by molar-refractivity contribution is 5.28. The van der Waals surface area contributed by atoms with E-state index in [9.17, 15) is 0 Å². The lowest BCUT2D eigenvalue weighted by Crippen LogP contribution is -2.36. The highest BCUT2D eigenvalue weighted by Crippen LogP contribution is 2.42. The monoisotopic (exact) mass is 262 g/mol. The molecule has 0 radical (unpaired) electrons. The van der Waals surface area contributed by atoms with Crippen molar-refractivity contribution in [2.45, 2.75) is 58.6 Å². The van der Waals surface area contributed by atoms with E-state index in [1.165, 1.54) is 18.4 Å². The molecule has 0 bridgehead atoms. The predicted molar refractivity (Wildman–Crippen MR) is 78.6 cm³/mol. The lowest BCUT2D eigenvalue weighted by Gasteiger charge is -2.37. The maximum absolute atomic E-state index is 5.73. The van der Waals surface area contributed by atoms with Gasteiger partial charge in [-0.25, -0.2) is 0 Å². The van der Waals surface area contributed by atoms with Gasteiger partial charge < -0.3 is 10.1 Å². The summed E-state index contributed by atoms with van der Waals surface area (Å²) in [5, 5.41) is 3.54. The third-order valence-electron chi connectivity index (χ3n) is 3.74. The summed E-state index contributed by atoms with van der Waals surface area (Å²) >= 11 is 0. The Labute approximate surface area is 116 Å². The van der Waals surface area contributed by atoms with Crippen molar-refractivity contribution >= 4 is 0 Å². The van der Waals surface area contributed by atoms with Crippen LogP contribution in [0.5, 0.6) is 5.75 Å². The van der Waals surface area contributed by atoms with Crippen molar-refractivity contribution in [2.24, 2.45) is 5.92 Å². The van der Waals surface area contributed by atoms with Crippen LogP contribution in [0.4, 0.5) is 0 Å². The Morgan fingerprint density at radius 2 is 2.05 bits per heavy atom. The van der Waals surface area contributed by atoms with Gasteiger partial charge in [-0.05, 0) is 56.7 Å². The molecule has 2 rings (SSSR count). The molecule has 1 N–H and O–H groups in total. The van der Waals surface area contributed by atoms with E-state index in [0.29, 0.717) is 12.0 Å².